The highest BCUT2D eigenvalue weighted by Crippen LogP contribution is 2.58. The highest BCUT2D eigenvalue weighted by molar-refractivity contribution is 6.31. The van der Waals surface area contributed by atoms with Gasteiger partial charge in [-0.15, -0.1) is 6.58 Å². The van der Waals surface area contributed by atoms with Crippen molar-refractivity contribution in [3.8, 4) is 22.4 Å². The van der Waals surface area contributed by atoms with Gasteiger partial charge in [-0.1, -0.05) is 103 Å². The molecule has 0 amide bonds. The van der Waals surface area contributed by atoms with E-state index in [0.29, 0.717) is 0 Å². The summed E-state index contributed by atoms with van der Waals surface area (Å²) in [5.41, 5.74) is 8.93. The number of hydrogen-bond acceptors (Lipinski definition) is 1. The van der Waals surface area contributed by atoms with E-state index < -0.39 is 0 Å². The summed E-state index contributed by atoms with van der Waals surface area (Å²) in [6, 6.07) is 36.0. The third-order valence-corrected chi connectivity index (χ3v) is 7.03. The van der Waals surface area contributed by atoms with Crippen LogP contribution < -0.4 is 0 Å². The van der Waals surface area contributed by atoms with Crippen LogP contribution in [0.2, 0.25) is 5.02 Å². The predicted octanol–water partition coefficient (Wildman–Crippen LogP) is 8.45. The van der Waals surface area contributed by atoms with Gasteiger partial charge >= 0.3 is 0 Å². The second-order valence-corrected chi connectivity index (χ2v) is 8.98. The molecule has 33 heavy (non-hydrogen) atoms. The van der Waals surface area contributed by atoms with E-state index in [2.05, 4.69) is 91.5 Å². The molecule has 0 fully saturated rings. The second-order valence-electron chi connectivity index (χ2n) is 8.55. The summed E-state index contributed by atoms with van der Waals surface area (Å²) in [6.07, 6.45) is 2.82. The fraction of sp³-hybridized carbons (Fsp3) is 0.0645. The first-order chi connectivity index (χ1) is 16.2. The van der Waals surface area contributed by atoms with E-state index in [1.807, 2.05) is 24.3 Å². The topological polar surface area (TPSA) is 12.9 Å². The fourth-order valence-corrected chi connectivity index (χ4v) is 5.69. The zero-order valence-electron chi connectivity index (χ0n) is 18.1. The van der Waals surface area contributed by atoms with Gasteiger partial charge in [0.2, 0.25) is 0 Å². The number of pyridine rings is 1. The van der Waals surface area contributed by atoms with Gasteiger partial charge in [-0.05, 0) is 46.9 Å². The average Bonchev–Trinajstić information content (AvgIpc) is 3.17. The van der Waals surface area contributed by atoms with Crippen molar-refractivity contribution < 1.29 is 0 Å². The van der Waals surface area contributed by atoms with Crippen LogP contribution in [0.3, 0.4) is 0 Å². The molecule has 1 unspecified atom stereocenters. The van der Waals surface area contributed by atoms with Gasteiger partial charge < -0.3 is 0 Å². The maximum absolute atomic E-state index is 6.56. The SMILES string of the molecule is C=CCC1(c2ccccc2)c2ccccc2-c2c(-c3ccccc3)nc3ccc(Cl)cc3c21. The Kier molecular flexibility index (Phi) is 4.67. The predicted molar refractivity (Wildman–Crippen MR) is 139 cm³/mol. The summed E-state index contributed by atoms with van der Waals surface area (Å²) in [5, 5.41) is 1.81. The molecule has 0 saturated carbocycles. The minimum Gasteiger partial charge on any atom is -0.247 e. The zero-order valence-corrected chi connectivity index (χ0v) is 18.9. The van der Waals surface area contributed by atoms with E-state index in [0.717, 1.165) is 33.6 Å². The first kappa shape index (κ1) is 20.0. The van der Waals surface area contributed by atoms with Crippen LogP contribution in [0.1, 0.15) is 23.1 Å². The summed E-state index contributed by atoms with van der Waals surface area (Å²) in [5.74, 6) is 0. The van der Waals surface area contributed by atoms with Crippen molar-refractivity contribution >= 4 is 22.5 Å². The van der Waals surface area contributed by atoms with Crippen molar-refractivity contribution in [1.82, 2.24) is 4.98 Å². The quantitative estimate of drug-likeness (QED) is 0.254. The van der Waals surface area contributed by atoms with Gasteiger partial charge in [0, 0.05) is 21.5 Å². The maximum Gasteiger partial charge on any atom is 0.0791 e. The molecule has 158 valence electrons. The summed E-state index contributed by atoms with van der Waals surface area (Å²) in [7, 11) is 0. The van der Waals surface area contributed by atoms with Gasteiger partial charge in [0.25, 0.3) is 0 Å². The summed E-state index contributed by atoms with van der Waals surface area (Å²) in [6.45, 7) is 4.18. The van der Waals surface area contributed by atoms with Crippen LogP contribution in [0.5, 0.6) is 0 Å². The molecule has 2 heteroatoms. The summed E-state index contributed by atoms with van der Waals surface area (Å²) in [4.78, 5) is 5.19. The number of rotatable bonds is 4. The highest BCUT2D eigenvalue weighted by atomic mass is 35.5. The van der Waals surface area contributed by atoms with Crippen molar-refractivity contribution in [3.63, 3.8) is 0 Å². The number of fused-ring (bicyclic) bond motifs is 5. The number of halogens is 1. The lowest BCUT2D eigenvalue weighted by Crippen LogP contribution is -2.26. The Morgan fingerprint density at radius 2 is 1.52 bits per heavy atom. The molecule has 1 atom stereocenters. The fourth-order valence-electron chi connectivity index (χ4n) is 5.52. The number of allylic oxidation sites excluding steroid dienone is 1. The molecule has 0 radical (unpaired) electrons. The Morgan fingerprint density at radius 1 is 0.818 bits per heavy atom. The van der Waals surface area contributed by atoms with E-state index in [4.69, 9.17) is 16.6 Å². The van der Waals surface area contributed by atoms with Gasteiger partial charge in [-0.3, -0.25) is 0 Å². The Hall–Kier alpha value is -3.68. The smallest absolute Gasteiger partial charge is 0.0791 e. The molecule has 0 bridgehead atoms. The largest absolute Gasteiger partial charge is 0.247 e. The third-order valence-electron chi connectivity index (χ3n) is 6.79. The van der Waals surface area contributed by atoms with E-state index in [-0.39, 0.29) is 5.41 Å². The van der Waals surface area contributed by atoms with Gasteiger partial charge in [-0.25, -0.2) is 4.98 Å². The van der Waals surface area contributed by atoms with E-state index >= 15 is 0 Å². The number of aromatic nitrogens is 1. The lowest BCUT2D eigenvalue weighted by atomic mass is 9.69. The first-order valence-corrected chi connectivity index (χ1v) is 11.6. The van der Waals surface area contributed by atoms with Gasteiger partial charge in [-0.2, -0.15) is 0 Å². The Balaban J connectivity index is 1.87. The van der Waals surface area contributed by atoms with E-state index in [1.165, 1.54) is 27.8 Å². The molecule has 1 aliphatic carbocycles. The monoisotopic (exact) mass is 443 g/mol. The summed E-state index contributed by atoms with van der Waals surface area (Å²) >= 11 is 6.56. The Labute approximate surface area is 199 Å². The van der Waals surface area contributed by atoms with Gasteiger partial charge in [0.05, 0.1) is 16.6 Å². The molecule has 0 spiro atoms. The number of hydrogen-bond donors (Lipinski definition) is 0. The molecule has 5 aromatic rings. The molecule has 1 aromatic heterocycles. The van der Waals surface area contributed by atoms with Crippen LogP contribution >= 0.6 is 11.6 Å². The first-order valence-electron chi connectivity index (χ1n) is 11.2. The molecule has 0 aliphatic heterocycles. The molecule has 0 N–H and O–H groups in total. The second kappa shape index (κ2) is 7.72. The van der Waals surface area contributed by atoms with Crippen LogP contribution in [-0.2, 0) is 5.41 Å². The molecular formula is C31H22ClN. The molecule has 4 aromatic carbocycles. The molecule has 1 nitrogen and oxygen atoms in total. The van der Waals surface area contributed by atoms with Crippen molar-refractivity contribution in [3.05, 3.63) is 137 Å². The normalized spacial score (nSPS) is 16.4. The van der Waals surface area contributed by atoms with Crippen molar-refractivity contribution in [2.75, 3.05) is 0 Å². The van der Waals surface area contributed by atoms with Crippen LogP contribution in [0, 0.1) is 0 Å². The highest BCUT2D eigenvalue weighted by Gasteiger charge is 2.46. The standard InChI is InChI=1S/C31H22ClN/c1-2-19-31(22-13-7-4-8-14-22)26-16-10-9-15-24(26)28-29(31)25-20-23(32)17-18-27(25)33-30(28)21-11-5-3-6-12-21/h2-18,20H,1,19H2. The number of benzene rings is 4. The average molecular weight is 444 g/mol. The van der Waals surface area contributed by atoms with E-state index in [9.17, 15) is 0 Å². The molecular weight excluding hydrogens is 422 g/mol. The minimum atomic E-state index is -0.371. The third kappa shape index (κ3) is 2.90. The Morgan fingerprint density at radius 3 is 2.27 bits per heavy atom. The summed E-state index contributed by atoms with van der Waals surface area (Å²) < 4.78 is 0. The zero-order chi connectivity index (χ0) is 22.4. The van der Waals surface area contributed by atoms with Crippen molar-refractivity contribution in [2.24, 2.45) is 0 Å². The Bertz CT molecular complexity index is 1510. The van der Waals surface area contributed by atoms with Gasteiger partial charge in [0.1, 0.15) is 0 Å². The lowest BCUT2D eigenvalue weighted by Gasteiger charge is -2.33. The van der Waals surface area contributed by atoms with Crippen LogP contribution in [-0.4, -0.2) is 4.98 Å². The van der Waals surface area contributed by atoms with Crippen molar-refractivity contribution in [2.45, 2.75) is 11.8 Å². The van der Waals surface area contributed by atoms with Crippen LogP contribution in [0.25, 0.3) is 33.3 Å². The van der Waals surface area contributed by atoms with Crippen LogP contribution in [0.4, 0.5) is 0 Å². The van der Waals surface area contributed by atoms with Gasteiger partial charge in [0.15, 0.2) is 0 Å². The molecule has 6 rings (SSSR count). The van der Waals surface area contributed by atoms with E-state index in [1.54, 1.807) is 0 Å². The van der Waals surface area contributed by atoms with Crippen molar-refractivity contribution in [1.29, 1.82) is 0 Å². The lowest BCUT2D eigenvalue weighted by molar-refractivity contribution is 0.651. The molecule has 0 saturated heterocycles. The number of nitrogens with zero attached hydrogens (tertiary/aromatic N) is 1. The maximum atomic E-state index is 6.56. The minimum absolute atomic E-state index is 0.371. The molecule has 1 aliphatic rings. The molecule has 1 heterocycles. The van der Waals surface area contributed by atoms with Crippen LogP contribution in [0.15, 0.2) is 116 Å².